The van der Waals surface area contributed by atoms with E-state index in [4.69, 9.17) is 4.74 Å². The van der Waals surface area contributed by atoms with E-state index >= 15 is 0 Å². The molecule has 0 aromatic heterocycles. The number of morpholine rings is 1. The molecule has 2 N–H and O–H groups in total. The summed E-state index contributed by atoms with van der Waals surface area (Å²) in [5, 5.41) is 0.202. The summed E-state index contributed by atoms with van der Waals surface area (Å²) in [7, 11) is -4.29. The first-order chi connectivity index (χ1) is 12.8. The van der Waals surface area contributed by atoms with E-state index in [1.165, 1.54) is 19.1 Å². The predicted octanol–water partition coefficient (Wildman–Crippen LogP) is -0.0200. The van der Waals surface area contributed by atoms with Crippen LogP contribution in [0.3, 0.4) is 0 Å². The molecule has 2 heterocycles. The molecule has 1 atom stereocenters. The number of benzene rings is 1. The molecule has 27 heavy (non-hydrogen) atoms. The van der Waals surface area contributed by atoms with Gasteiger partial charge < -0.3 is 9.64 Å². The van der Waals surface area contributed by atoms with Gasteiger partial charge in [-0.25, -0.2) is 18.2 Å². The summed E-state index contributed by atoms with van der Waals surface area (Å²) < 4.78 is 33.0. The summed E-state index contributed by atoms with van der Waals surface area (Å²) in [6.07, 6.45) is 0. The first-order valence-corrected chi connectivity index (χ1v) is 9.72. The average Bonchev–Trinajstić information content (AvgIpc) is 2.61. The van der Waals surface area contributed by atoms with E-state index in [-0.39, 0.29) is 22.9 Å². The van der Waals surface area contributed by atoms with Gasteiger partial charge in [0.05, 0.1) is 30.2 Å². The minimum atomic E-state index is -4.29. The van der Waals surface area contributed by atoms with Crippen molar-refractivity contribution in [2.75, 3.05) is 31.0 Å². The number of carbonyl (C=O) groups is 3. The monoisotopic (exact) mass is 394 g/mol. The molecular formula is C16H18N4O6S. The Morgan fingerprint density at radius 2 is 1.93 bits per heavy atom. The minimum absolute atomic E-state index is 0.0477. The fraction of sp³-hybridized carbons (Fsp3) is 0.375. The number of carbonyl (C=O) groups excluding carboxylic acids is 3. The second kappa shape index (κ2) is 7.45. The third kappa shape index (κ3) is 3.98. The van der Waals surface area contributed by atoms with Gasteiger partial charge in [0.25, 0.3) is 11.8 Å². The molecule has 0 aliphatic carbocycles. The molecule has 2 aliphatic heterocycles. The highest BCUT2D eigenvalue weighted by Crippen LogP contribution is 2.21. The van der Waals surface area contributed by atoms with E-state index in [1.807, 2.05) is 5.32 Å². The number of hydrogen-bond acceptors (Lipinski definition) is 6. The zero-order valence-electron chi connectivity index (χ0n) is 14.5. The lowest BCUT2D eigenvalue weighted by molar-refractivity contribution is -0.118. The topological polar surface area (TPSA) is 134 Å². The number of rotatable bonds is 4. The lowest BCUT2D eigenvalue weighted by Gasteiger charge is -2.28. The van der Waals surface area contributed by atoms with Crippen molar-refractivity contribution in [3.8, 4) is 0 Å². The van der Waals surface area contributed by atoms with Crippen molar-refractivity contribution in [2.45, 2.75) is 12.2 Å². The number of nitrogens with zero attached hydrogens (tertiary/aromatic N) is 2. The van der Waals surface area contributed by atoms with Crippen LogP contribution in [-0.2, 0) is 19.6 Å². The van der Waals surface area contributed by atoms with Crippen molar-refractivity contribution in [3.05, 3.63) is 29.8 Å². The summed E-state index contributed by atoms with van der Waals surface area (Å²) >= 11 is 0. The third-order valence-electron chi connectivity index (χ3n) is 4.14. The maximum atomic E-state index is 12.7. The Morgan fingerprint density at radius 1 is 1.26 bits per heavy atom. The van der Waals surface area contributed by atoms with Gasteiger partial charge in [0.15, 0.2) is 5.25 Å². The van der Waals surface area contributed by atoms with Crippen molar-refractivity contribution in [2.24, 2.45) is 4.99 Å². The highest BCUT2D eigenvalue weighted by Gasteiger charge is 2.40. The summed E-state index contributed by atoms with van der Waals surface area (Å²) in [6.45, 7) is 2.90. The fourth-order valence-corrected chi connectivity index (χ4v) is 4.33. The summed E-state index contributed by atoms with van der Waals surface area (Å²) in [5.41, 5.74) is 0.0598. The van der Waals surface area contributed by atoms with Crippen LogP contribution in [0.4, 0.5) is 10.5 Å². The largest absolute Gasteiger partial charge is 0.378 e. The Bertz CT molecular complexity index is 921. The molecule has 1 unspecified atom stereocenters. The maximum Gasteiger partial charge on any atom is 0.347 e. The van der Waals surface area contributed by atoms with Crippen LogP contribution in [-0.4, -0.2) is 68.4 Å². The number of anilines is 1. The number of hydrogen-bond donors (Lipinski definition) is 2. The van der Waals surface area contributed by atoms with Gasteiger partial charge in [0.2, 0.25) is 10.0 Å². The molecule has 10 nitrogen and oxygen atoms in total. The van der Waals surface area contributed by atoms with Crippen molar-refractivity contribution in [3.63, 3.8) is 0 Å². The Morgan fingerprint density at radius 3 is 2.59 bits per heavy atom. The summed E-state index contributed by atoms with van der Waals surface area (Å²) in [4.78, 5) is 41.0. The number of nitrogens with one attached hydrogen (secondary N) is 2. The number of sulfonamides is 1. The van der Waals surface area contributed by atoms with Crippen LogP contribution in [0, 0.1) is 0 Å². The maximum absolute atomic E-state index is 12.7. The van der Waals surface area contributed by atoms with E-state index in [1.54, 1.807) is 17.0 Å². The first kappa shape index (κ1) is 19.0. The third-order valence-corrected chi connectivity index (χ3v) is 5.82. The van der Waals surface area contributed by atoms with E-state index in [9.17, 15) is 22.8 Å². The Balaban J connectivity index is 1.89. The fourth-order valence-electron chi connectivity index (χ4n) is 2.88. The van der Waals surface area contributed by atoms with Crippen LogP contribution >= 0.6 is 0 Å². The van der Waals surface area contributed by atoms with Gasteiger partial charge in [-0.3, -0.25) is 19.6 Å². The number of ether oxygens (including phenoxy) is 1. The molecule has 3 rings (SSSR count). The number of amides is 4. The number of aliphatic imine (C=N–C) groups is 1. The van der Waals surface area contributed by atoms with Gasteiger partial charge in [-0.2, -0.15) is 0 Å². The average molecular weight is 394 g/mol. The summed E-state index contributed by atoms with van der Waals surface area (Å²) in [5.74, 6) is -1.33. The van der Waals surface area contributed by atoms with Crippen LogP contribution in [0.2, 0.25) is 0 Å². The van der Waals surface area contributed by atoms with Crippen LogP contribution < -0.4 is 10.0 Å². The molecule has 2 aliphatic rings. The molecular weight excluding hydrogens is 376 g/mol. The zero-order valence-corrected chi connectivity index (χ0v) is 15.3. The van der Waals surface area contributed by atoms with Crippen LogP contribution in [0.15, 0.2) is 29.3 Å². The molecule has 0 bridgehead atoms. The molecule has 0 spiro atoms. The van der Waals surface area contributed by atoms with Crippen LogP contribution in [0.25, 0.3) is 0 Å². The molecule has 11 heteroatoms. The van der Waals surface area contributed by atoms with E-state index in [2.05, 4.69) is 9.71 Å². The predicted molar refractivity (Wildman–Crippen MR) is 96.1 cm³/mol. The zero-order chi connectivity index (χ0) is 19.6. The normalized spacial score (nSPS) is 20.7. The lowest BCUT2D eigenvalue weighted by atomic mass is 10.1. The van der Waals surface area contributed by atoms with Crippen LogP contribution in [0.5, 0.6) is 0 Å². The van der Waals surface area contributed by atoms with Gasteiger partial charge >= 0.3 is 6.03 Å². The Hall–Kier alpha value is -2.79. The van der Waals surface area contributed by atoms with E-state index in [0.717, 1.165) is 0 Å². The summed E-state index contributed by atoms with van der Waals surface area (Å²) in [6, 6.07) is 5.21. The second-order valence-corrected chi connectivity index (χ2v) is 7.79. The molecule has 1 saturated heterocycles. The quantitative estimate of drug-likeness (QED) is 0.737. The SMILES string of the molecule is CC1=NC(=O)NC(=O)C1S(=O)(=O)Nc1ccccc1C(=O)N1CCOCC1. The van der Waals surface area contributed by atoms with Gasteiger partial charge in [-0.05, 0) is 19.1 Å². The smallest absolute Gasteiger partial charge is 0.347 e. The van der Waals surface area contributed by atoms with E-state index in [0.29, 0.717) is 26.3 Å². The first-order valence-electron chi connectivity index (χ1n) is 8.17. The molecule has 4 amide bonds. The van der Waals surface area contributed by atoms with Gasteiger partial charge in [0, 0.05) is 13.1 Å². The van der Waals surface area contributed by atoms with Crippen LogP contribution in [0.1, 0.15) is 17.3 Å². The minimum Gasteiger partial charge on any atom is -0.378 e. The Kier molecular flexibility index (Phi) is 5.24. The van der Waals surface area contributed by atoms with Gasteiger partial charge in [-0.1, -0.05) is 12.1 Å². The van der Waals surface area contributed by atoms with Crippen molar-refractivity contribution in [1.82, 2.24) is 10.2 Å². The van der Waals surface area contributed by atoms with Crippen molar-refractivity contribution in [1.29, 1.82) is 0 Å². The number of urea groups is 1. The lowest BCUT2D eigenvalue weighted by Crippen LogP contribution is -2.51. The molecule has 1 aromatic rings. The van der Waals surface area contributed by atoms with Gasteiger partial charge in [-0.15, -0.1) is 0 Å². The van der Waals surface area contributed by atoms with Gasteiger partial charge in [0.1, 0.15) is 0 Å². The Labute approximate surface area is 155 Å². The van der Waals surface area contributed by atoms with Crippen molar-refractivity contribution < 1.29 is 27.5 Å². The number of para-hydroxylation sites is 1. The van der Waals surface area contributed by atoms with E-state index < -0.39 is 27.2 Å². The molecule has 1 aromatic carbocycles. The van der Waals surface area contributed by atoms with Crippen molar-refractivity contribution >= 4 is 39.3 Å². The molecule has 144 valence electrons. The molecule has 0 saturated carbocycles. The standard InChI is InChI=1S/C16H18N4O6S/c1-10-13(14(21)18-16(23)17-10)27(24,25)19-12-5-3-2-4-11(12)15(22)20-6-8-26-9-7-20/h2-5,13,19H,6-9H2,1H3,(H,18,21,23). The molecule has 1 fully saturated rings. The second-order valence-electron chi connectivity index (χ2n) is 6.02. The number of imide groups is 1. The highest BCUT2D eigenvalue weighted by molar-refractivity contribution is 7.94. The highest BCUT2D eigenvalue weighted by atomic mass is 32.2. The molecule has 0 radical (unpaired) electrons.